The molecule has 0 aliphatic heterocycles. The van der Waals surface area contributed by atoms with Gasteiger partial charge in [-0.25, -0.2) is 0 Å². The molecule has 0 fully saturated rings. The smallest absolute Gasteiger partial charge is 0.192 e. The molecule has 0 amide bonds. The van der Waals surface area contributed by atoms with Gasteiger partial charge in [0.1, 0.15) is 0 Å². The largest absolute Gasteiger partial charge is 0.410 e. The minimum Gasteiger partial charge on any atom is -0.410 e. The van der Waals surface area contributed by atoms with Crippen LogP contribution in [0.1, 0.15) is 41.0 Å². The van der Waals surface area contributed by atoms with Crippen molar-refractivity contribution < 1.29 is 9.22 Å². The van der Waals surface area contributed by atoms with Crippen LogP contribution in [0.25, 0.3) is 0 Å². The molecule has 116 valence electrons. The number of hydrogen-bond donors (Lipinski definition) is 0. The summed E-state index contributed by atoms with van der Waals surface area (Å²) in [5, 5.41) is 0. The van der Waals surface area contributed by atoms with Crippen LogP contribution < -0.4 is 0 Å². The normalized spacial score (nSPS) is 19.8. The topological polar surface area (TPSA) is 29.5 Å². The van der Waals surface area contributed by atoms with Crippen molar-refractivity contribution in [3.05, 3.63) is 11.6 Å². The first-order valence-electron chi connectivity index (χ1n) is 8.18. The third-order valence-electron chi connectivity index (χ3n) is 4.75. The van der Waals surface area contributed by atoms with E-state index in [0.717, 1.165) is 43.3 Å². The highest BCUT2D eigenvalue weighted by atomic mass is 28.4. The third kappa shape index (κ3) is 4.27. The number of rotatable bonds is 9. The molecule has 1 unspecified atom stereocenters. The van der Waals surface area contributed by atoms with Gasteiger partial charge < -0.3 is 4.43 Å². The second kappa shape index (κ2) is 8.10. The fraction of sp³-hybridized carbons (Fsp3) is 0.812. The summed E-state index contributed by atoms with van der Waals surface area (Å²) in [6.45, 7) is 13.7. The van der Waals surface area contributed by atoms with Gasteiger partial charge in [0.2, 0.25) is 0 Å². The first-order chi connectivity index (χ1) is 9.53. The Bertz CT molecular complexity index is 338. The van der Waals surface area contributed by atoms with Crippen LogP contribution >= 0.6 is 0 Å². The standard InChI is InChI=1S/C16H31NO2Si/c1-6-17(7-2)13-14-11-15(12-16(14)18)19-20(8-3,9-4)10-5/h11,15H,6-10,12-13H2,1-5H3. The Hall–Kier alpha value is -0.453. The van der Waals surface area contributed by atoms with E-state index >= 15 is 0 Å². The van der Waals surface area contributed by atoms with Crippen molar-refractivity contribution in [1.29, 1.82) is 0 Å². The fourth-order valence-corrected chi connectivity index (χ4v) is 5.71. The van der Waals surface area contributed by atoms with Gasteiger partial charge in [0.05, 0.1) is 6.10 Å². The van der Waals surface area contributed by atoms with Crippen LogP contribution in [0.2, 0.25) is 18.1 Å². The Kier molecular flexibility index (Phi) is 7.13. The number of ketones is 1. The Morgan fingerprint density at radius 2 is 1.70 bits per heavy atom. The molecule has 0 aromatic carbocycles. The van der Waals surface area contributed by atoms with E-state index in [1.54, 1.807) is 0 Å². The molecule has 1 atom stereocenters. The molecule has 1 rings (SSSR count). The van der Waals surface area contributed by atoms with Crippen LogP contribution in [-0.2, 0) is 9.22 Å². The van der Waals surface area contributed by atoms with Gasteiger partial charge >= 0.3 is 0 Å². The lowest BCUT2D eigenvalue weighted by Crippen LogP contribution is -2.39. The summed E-state index contributed by atoms with van der Waals surface area (Å²) in [4.78, 5) is 14.4. The molecule has 0 saturated carbocycles. The first kappa shape index (κ1) is 17.6. The summed E-state index contributed by atoms with van der Waals surface area (Å²) in [7, 11) is -1.61. The van der Waals surface area contributed by atoms with Gasteiger partial charge in [-0.2, -0.15) is 0 Å². The number of carbonyl (C=O) groups excluding carboxylic acids is 1. The minimum absolute atomic E-state index is 0.0413. The predicted octanol–water partition coefficient (Wildman–Crippen LogP) is 3.62. The number of likely N-dealkylation sites (N-methyl/N-ethyl adjacent to an activating group) is 1. The van der Waals surface area contributed by atoms with Gasteiger partial charge in [-0.1, -0.05) is 34.6 Å². The highest BCUT2D eigenvalue weighted by Gasteiger charge is 2.35. The fourth-order valence-electron chi connectivity index (χ4n) is 2.92. The number of hydrogen-bond acceptors (Lipinski definition) is 3. The van der Waals surface area contributed by atoms with E-state index in [1.165, 1.54) is 0 Å². The quantitative estimate of drug-likeness (QED) is 0.609. The number of carbonyl (C=O) groups is 1. The van der Waals surface area contributed by atoms with Crippen LogP contribution in [0.3, 0.4) is 0 Å². The third-order valence-corrected chi connectivity index (χ3v) is 9.42. The average Bonchev–Trinajstić information content (AvgIpc) is 2.82. The summed E-state index contributed by atoms with van der Waals surface area (Å²) in [5.41, 5.74) is 0.963. The van der Waals surface area contributed by atoms with Gasteiger partial charge in [0.25, 0.3) is 0 Å². The van der Waals surface area contributed by atoms with E-state index in [4.69, 9.17) is 4.43 Å². The van der Waals surface area contributed by atoms with Crippen LogP contribution in [0.15, 0.2) is 11.6 Å². The van der Waals surface area contributed by atoms with Gasteiger partial charge in [0, 0.05) is 18.5 Å². The maximum atomic E-state index is 12.1. The lowest BCUT2D eigenvalue weighted by Gasteiger charge is -2.30. The van der Waals surface area contributed by atoms with Crippen LogP contribution in [-0.4, -0.2) is 44.7 Å². The van der Waals surface area contributed by atoms with Crippen molar-refractivity contribution in [2.75, 3.05) is 19.6 Å². The van der Waals surface area contributed by atoms with Crippen molar-refractivity contribution in [1.82, 2.24) is 4.90 Å². The first-order valence-corrected chi connectivity index (χ1v) is 10.7. The van der Waals surface area contributed by atoms with Crippen molar-refractivity contribution in [2.24, 2.45) is 0 Å². The highest BCUT2D eigenvalue weighted by molar-refractivity contribution is 6.73. The van der Waals surface area contributed by atoms with Crippen molar-refractivity contribution in [3.63, 3.8) is 0 Å². The zero-order chi connectivity index (χ0) is 15.2. The van der Waals surface area contributed by atoms with E-state index in [1.807, 2.05) is 0 Å². The molecule has 3 nitrogen and oxygen atoms in total. The minimum atomic E-state index is -1.61. The molecular weight excluding hydrogens is 266 g/mol. The Balaban J connectivity index is 2.70. The van der Waals surface area contributed by atoms with Gasteiger partial charge in [-0.15, -0.1) is 0 Å². The Morgan fingerprint density at radius 1 is 1.15 bits per heavy atom. The molecule has 0 aromatic heterocycles. The zero-order valence-corrected chi connectivity index (χ0v) is 14.9. The second-order valence-corrected chi connectivity index (χ2v) is 10.4. The molecule has 0 N–H and O–H groups in total. The lowest BCUT2D eigenvalue weighted by molar-refractivity contribution is -0.115. The van der Waals surface area contributed by atoms with Crippen LogP contribution in [0.5, 0.6) is 0 Å². The SMILES string of the molecule is CCN(CC)CC1=CC(O[Si](CC)(CC)CC)CC1=O. The molecule has 1 aliphatic carbocycles. The van der Waals surface area contributed by atoms with E-state index in [-0.39, 0.29) is 11.9 Å². The lowest BCUT2D eigenvalue weighted by atomic mass is 10.2. The van der Waals surface area contributed by atoms with Gasteiger partial charge in [-0.05, 0) is 37.3 Å². The predicted molar refractivity (Wildman–Crippen MR) is 87.6 cm³/mol. The van der Waals surface area contributed by atoms with Gasteiger partial charge in [-0.3, -0.25) is 9.69 Å². The van der Waals surface area contributed by atoms with Crippen molar-refractivity contribution >= 4 is 14.1 Å². The highest BCUT2D eigenvalue weighted by Crippen LogP contribution is 2.28. The maximum absolute atomic E-state index is 12.1. The average molecular weight is 298 g/mol. The van der Waals surface area contributed by atoms with Gasteiger partial charge in [0.15, 0.2) is 14.1 Å². The summed E-state index contributed by atoms with van der Waals surface area (Å²) in [6, 6.07) is 3.43. The van der Waals surface area contributed by atoms with Crippen molar-refractivity contribution in [3.8, 4) is 0 Å². The van der Waals surface area contributed by atoms with E-state index in [2.05, 4.69) is 45.6 Å². The summed E-state index contributed by atoms with van der Waals surface area (Å²) in [6.07, 6.45) is 2.70. The number of Topliss-reactive ketones (excluding diaryl/α,β-unsaturated/α-hetero) is 1. The molecule has 0 radical (unpaired) electrons. The Labute approximate surface area is 125 Å². The Morgan fingerprint density at radius 3 is 2.15 bits per heavy atom. The molecular formula is C16H31NO2Si. The summed E-state index contributed by atoms with van der Waals surface area (Å²) >= 11 is 0. The van der Waals surface area contributed by atoms with E-state index in [0.29, 0.717) is 6.42 Å². The molecule has 0 heterocycles. The zero-order valence-electron chi connectivity index (χ0n) is 13.9. The molecule has 0 aromatic rings. The second-order valence-electron chi connectivity index (χ2n) is 5.68. The number of nitrogens with zero attached hydrogens (tertiary/aromatic N) is 1. The molecule has 20 heavy (non-hydrogen) atoms. The molecule has 0 spiro atoms. The molecule has 0 bridgehead atoms. The maximum Gasteiger partial charge on any atom is 0.192 e. The monoisotopic (exact) mass is 297 g/mol. The summed E-state index contributed by atoms with van der Waals surface area (Å²) < 4.78 is 6.42. The molecule has 4 heteroatoms. The van der Waals surface area contributed by atoms with Crippen LogP contribution in [0, 0.1) is 0 Å². The van der Waals surface area contributed by atoms with E-state index < -0.39 is 8.32 Å². The van der Waals surface area contributed by atoms with E-state index in [9.17, 15) is 4.79 Å². The van der Waals surface area contributed by atoms with Crippen molar-refractivity contribution in [2.45, 2.75) is 65.3 Å². The van der Waals surface area contributed by atoms with Crippen LogP contribution in [0.4, 0.5) is 0 Å². The summed E-state index contributed by atoms with van der Waals surface area (Å²) in [5.74, 6) is 0.285. The molecule has 0 saturated heterocycles. The molecule has 1 aliphatic rings.